The minimum atomic E-state index is -0.817. The fraction of sp³-hybridized carbons (Fsp3) is 0.667. The van der Waals surface area contributed by atoms with E-state index >= 15 is 0 Å². The smallest absolute Gasteiger partial charge is 0.0992 e. The average molecular weight is 289 g/mol. The molecule has 0 saturated heterocycles. The summed E-state index contributed by atoms with van der Waals surface area (Å²) in [5.74, 6) is 0. The normalized spacial score (nSPS) is 29.5. The predicted molar refractivity (Wildman–Crippen MR) is 84.1 cm³/mol. The van der Waals surface area contributed by atoms with Crippen molar-refractivity contribution in [2.24, 2.45) is 5.41 Å². The van der Waals surface area contributed by atoms with Gasteiger partial charge >= 0.3 is 0 Å². The molecule has 1 aromatic carbocycles. The van der Waals surface area contributed by atoms with E-state index in [9.17, 15) is 5.11 Å². The van der Waals surface area contributed by atoms with Crippen LogP contribution in [-0.2, 0) is 10.3 Å². The first kappa shape index (κ1) is 15.0. The van der Waals surface area contributed by atoms with Crippen LogP contribution in [0.4, 0.5) is 0 Å². The minimum Gasteiger partial charge on any atom is -0.384 e. The molecule has 0 aromatic heterocycles. The Morgan fingerprint density at radius 2 is 2.05 bits per heavy atom. The number of hydrogen-bond donors (Lipinski definition) is 2. The maximum atomic E-state index is 10.7. The number of rotatable bonds is 6. The van der Waals surface area contributed by atoms with Crippen LogP contribution in [0.1, 0.15) is 45.1 Å². The zero-order valence-electron chi connectivity index (χ0n) is 13.1. The number of ether oxygens (including phenoxy) is 1. The van der Waals surface area contributed by atoms with E-state index in [1.165, 1.54) is 19.3 Å². The van der Waals surface area contributed by atoms with Gasteiger partial charge in [0.2, 0.25) is 0 Å². The predicted octanol–water partition coefficient (Wildman–Crippen LogP) is 2.83. The highest BCUT2D eigenvalue weighted by atomic mass is 16.5. The van der Waals surface area contributed by atoms with E-state index in [0.717, 1.165) is 18.6 Å². The quantitative estimate of drug-likeness (QED) is 0.846. The number of hydrogen-bond acceptors (Lipinski definition) is 3. The van der Waals surface area contributed by atoms with E-state index in [1.54, 1.807) is 0 Å². The molecule has 0 heterocycles. The van der Waals surface area contributed by atoms with Crippen molar-refractivity contribution in [3.05, 3.63) is 35.9 Å². The summed E-state index contributed by atoms with van der Waals surface area (Å²) >= 11 is 0. The Morgan fingerprint density at radius 1 is 1.33 bits per heavy atom. The van der Waals surface area contributed by atoms with Crippen molar-refractivity contribution in [1.29, 1.82) is 0 Å². The van der Waals surface area contributed by atoms with Crippen LogP contribution in [0.3, 0.4) is 0 Å². The Balaban J connectivity index is 1.58. The van der Waals surface area contributed by atoms with Gasteiger partial charge in [0.15, 0.2) is 0 Å². The first-order valence-electron chi connectivity index (χ1n) is 8.21. The zero-order valence-corrected chi connectivity index (χ0v) is 13.1. The summed E-state index contributed by atoms with van der Waals surface area (Å²) in [6, 6.07) is 10.4. The molecule has 0 radical (unpaired) electrons. The van der Waals surface area contributed by atoms with Crippen molar-refractivity contribution in [2.45, 2.75) is 57.3 Å². The topological polar surface area (TPSA) is 41.5 Å². The zero-order chi connectivity index (χ0) is 14.9. The molecule has 0 amide bonds. The second-order valence-electron chi connectivity index (χ2n) is 6.84. The highest BCUT2D eigenvalue weighted by molar-refractivity contribution is 5.22. The van der Waals surface area contributed by atoms with Crippen molar-refractivity contribution in [3.8, 4) is 0 Å². The molecule has 3 atom stereocenters. The summed E-state index contributed by atoms with van der Waals surface area (Å²) in [6.45, 7) is 5.37. The van der Waals surface area contributed by atoms with E-state index in [1.807, 2.05) is 37.3 Å². The number of aliphatic hydroxyl groups is 1. The molecule has 1 aromatic rings. The Bertz CT molecular complexity index is 467. The van der Waals surface area contributed by atoms with Gasteiger partial charge in [-0.2, -0.15) is 0 Å². The van der Waals surface area contributed by atoms with Crippen molar-refractivity contribution in [3.63, 3.8) is 0 Å². The van der Waals surface area contributed by atoms with E-state index < -0.39 is 5.60 Å². The fourth-order valence-corrected chi connectivity index (χ4v) is 3.95. The van der Waals surface area contributed by atoms with Crippen LogP contribution in [0.25, 0.3) is 0 Å². The molecular weight excluding hydrogens is 262 g/mol. The Kier molecular flexibility index (Phi) is 4.08. The maximum Gasteiger partial charge on any atom is 0.0992 e. The van der Waals surface area contributed by atoms with Gasteiger partial charge in [-0.1, -0.05) is 36.8 Å². The van der Waals surface area contributed by atoms with Crippen molar-refractivity contribution < 1.29 is 9.84 Å². The molecule has 2 aliphatic rings. The molecule has 1 spiro atoms. The summed E-state index contributed by atoms with van der Waals surface area (Å²) < 4.78 is 5.88. The molecule has 2 saturated carbocycles. The van der Waals surface area contributed by atoms with E-state index in [4.69, 9.17) is 4.74 Å². The molecule has 116 valence electrons. The minimum absolute atomic E-state index is 0.350. The van der Waals surface area contributed by atoms with Crippen LogP contribution in [0, 0.1) is 5.41 Å². The van der Waals surface area contributed by atoms with E-state index in [2.05, 4.69) is 12.2 Å². The second kappa shape index (κ2) is 5.71. The summed E-state index contributed by atoms with van der Waals surface area (Å²) in [5.41, 5.74) is 0.506. The maximum absolute atomic E-state index is 10.7. The lowest BCUT2D eigenvalue weighted by molar-refractivity contribution is -0.175. The highest BCUT2D eigenvalue weighted by Gasteiger charge is 2.58. The number of benzene rings is 1. The van der Waals surface area contributed by atoms with Gasteiger partial charge in [0.05, 0.1) is 11.7 Å². The lowest BCUT2D eigenvalue weighted by atomic mass is 9.51. The second-order valence-corrected chi connectivity index (χ2v) is 6.84. The van der Waals surface area contributed by atoms with Gasteiger partial charge in [0, 0.05) is 24.6 Å². The van der Waals surface area contributed by atoms with Gasteiger partial charge in [-0.15, -0.1) is 0 Å². The van der Waals surface area contributed by atoms with Crippen molar-refractivity contribution in [2.75, 3.05) is 13.2 Å². The largest absolute Gasteiger partial charge is 0.384 e. The third kappa shape index (κ3) is 2.63. The number of nitrogens with one attached hydrogen (secondary N) is 1. The third-order valence-electron chi connectivity index (χ3n) is 5.53. The lowest BCUT2D eigenvalue weighted by Gasteiger charge is -2.61. The molecule has 21 heavy (non-hydrogen) atoms. The Labute approximate surface area is 127 Å². The van der Waals surface area contributed by atoms with E-state index in [-0.39, 0.29) is 0 Å². The van der Waals surface area contributed by atoms with Gasteiger partial charge in [-0.25, -0.2) is 0 Å². The highest BCUT2D eigenvalue weighted by Crippen LogP contribution is 2.57. The van der Waals surface area contributed by atoms with Gasteiger partial charge in [0.1, 0.15) is 0 Å². The first-order chi connectivity index (χ1) is 10.1. The van der Waals surface area contributed by atoms with Crippen molar-refractivity contribution >= 4 is 0 Å². The molecular formula is C18H27NO2. The molecule has 0 bridgehead atoms. The molecule has 2 N–H and O–H groups in total. The molecule has 0 aliphatic heterocycles. The lowest BCUT2D eigenvalue weighted by Crippen LogP contribution is -2.67. The molecule has 3 unspecified atom stereocenters. The van der Waals surface area contributed by atoms with Crippen molar-refractivity contribution in [1.82, 2.24) is 5.32 Å². The van der Waals surface area contributed by atoms with Gasteiger partial charge in [-0.3, -0.25) is 0 Å². The Morgan fingerprint density at radius 3 is 2.62 bits per heavy atom. The molecule has 2 aliphatic carbocycles. The third-order valence-corrected chi connectivity index (χ3v) is 5.53. The first-order valence-corrected chi connectivity index (χ1v) is 8.21. The van der Waals surface area contributed by atoms with Crippen LogP contribution in [0.2, 0.25) is 0 Å². The van der Waals surface area contributed by atoms with E-state index in [0.29, 0.717) is 24.1 Å². The Hall–Kier alpha value is -0.900. The van der Waals surface area contributed by atoms with Crippen LogP contribution in [0.15, 0.2) is 30.3 Å². The van der Waals surface area contributed by atoms with Gasteiger partial charge < -0.3 is 15.2 Å². The summed E-state index contributed by atoms with van der Waals surface area (Å²) in [7, 11) is 0. The van der Waals surface area contributed by atoms with Crippen LogP contribution >= 0.6 is 0 Å². The van der Waals surface area contributed by atoms with Crippen LogP contribution in [-0.4, -0.2) is 30.4 Å². The van der Waals surface area contributed by atoms with Crippen LogP contribution < -0.4 is 5.32 Å². The molecule has 3 heteroatoms. The monoisotopic (exact) mass is 289 g/mol. The molecule has 3 rings (SSSR count). The summed E-state index contributed by atoms with van der Waals surface area (Å²) in [6.07, 6.45) is 5.36. The summed E-state index contributed by atoms with van der Waals surface area (Å²) in [5, 5.41) is 14.3. The fourth-order valence-electron chi connectivity index (χ4n) is 3.95. The average Bonchev–Trinajstić information content (AvgIpc) is 2.41. The molecule has 2 fully saturated rings. The summed E-state index contributed by atoms with van der Waals surface area (Å²) in [4.78, 5) is 0. The molecule has 3 nitrogen and oxygen atoms in total. The standard InChI is InChI=1S/C18H27NO2/c1-3-21-16-12-15(18(16)10-7-11-18)19-13-17(2,20)14-8-5-4-6-9-14/h4-6,8-9,15-16,19-20H,3,7,10-13H2,1-2H3. The van der Waals surface area contributed by atoms with Gasteiger partial charge in [0.25, 0.3) is 0 Å². The van der Waals surface area contributed by atoms with Crippen LogP contribution in [0.5, 0.6) is 0 Å². The van der Waals surface area contributed by atoms with Gasteiger partial charge in [-0.05, 0) is 38.7 Å². The SMILES string of the molecule is CCOC1CC(NCC(C)(O)c2ccccc2)C12CCC2.